The summed E-state index contributed by atoms with van der Waals surface area (Å²) >= 11 is 4.63. The van der Waals surface area contributed by atoms with Crippen LogP contribution in [0.1, 0.15) is 5.56 Å². The molecule has 0 atom stereocenters. The van der Waals surface area contributed by atoms with Crippen molar-refractivity contribution < 1.29 is 13.2 Å². The Morgan fingerprint density at radius 2 is 1.94 bits per heavy atom. The highest BCUT2D eigenvalue weighted by atomic mass is 32.1. The lowest BCUT2D eigenvalue weighted by Crippen LogP contribution is -2.22. The summed E-state index contributed by atoms with van der Waals surface area (Å²) in [6.07, 6.45) is -4.39. The van der Waals surface area contributed by atoms with Gasteiger partial charge in [-0.1, -0.05) is 0 Å². The van der Waals surface area contributed by atoms with Gasteiger partial charge in [0.15, 0.2) is 5.11 Å². The summed E-state index contributed by atoms with van der Waals surface area (Å²) in [5, 5.41) is 2.46. The molecule has 0 radical (unpaired) electrons. The highest BCUT2D eigenvalue weighted by Crippen LogP contribution is 2.34. The summed E-state index contributed by atoms with van der Waals surface area (Å²) in [7, 11) is 3.43. The normalized spacial score (nSPS) is 11.1. The molecule has 0 spiro atoms. The van der Waals surface area contributed by atoms with E-state index >= 15 is 0 Å². The van der Waals surface area contributed by atoms with Gasteiger partial charge in [-0.25, -0.2) is 0 Å². The fourth-order valence-electron chi connectivity index (χ4n) is 1.34. The largest absolute Gasteiger partial charge is 0.416 e. The molecule has 0 aliphatic rings. The molecule has 0 aromatic heterocycles. The summed E-state index contributed by atoms with van der Waals surface area (Å²) in [5.41, 5.74) is 5.33. The van der Waals surface area contributed by atoms with Crippen LogP contribution in [-0.4, -0.2) is 19.2 Å². The van der Waals surface area contributed by atoms with Crippen molar-refractivity contribution in [1.82, 2.24) is 0 Å². The Kier molecular flexibility index (Phi) is 3.82. The fraction of sp³-hybridized carbons (Fsp3) is 0.300. The number of hydrogen-bond acceptors (Lipinski definition) is 2. The van der Waals surface area contributed by atoms with E-state index in [1.807, 2.05) is 0 Å². The van der Waals surface area contributed by atoms with Crippen LogP contribution < -0.4 is 16.0 Å². The lowest BCUT2D eigenvalue weighted by atomic mass is 10.1. The third kappa shape index (κ3) is 3.48. The number of alkyl halides is 3. The van der Waals surface area contributed by atoms with Crippen molar-refractivity contribution in [2.45, 2.75) is 6.18 Å². The first-order valence-corrected chi connectivity index (χ1v) is 5.07. The summed E-state index contributed by atoms with van der Waals surface area (Å²) in [4.78, 5) is 1.67. The number of nitrogens with one attached hydrogen (secondary N) is 1. The van der Waals surface area contributed by atoms with Crippen molar-refractivity contribution in [2.75, 3.05) is 24.3 Å². The predicted octanol–water partition coefficient (Wildman–Crippen LogP) is 2.43. The van der Waals surface area contributed by atoms with E-state index in [-0.39, 0.29) is 10.8 Å². The Labute approximate surface area is 102 Å². The Balaban J connectivity index is 3.24. The van der Waals surface area contributed by atoms with Gasteiger partial charge in [0, 0.05) is 14.1 Å². The Morgan fingerprint density at radius 1 is 1.35 bits per heavy atom. The monoisotopic (exact) mass is 263 g/mol. The number of thiocarbonyl (C=S) groups is 1. The molecule has 0 amide bonds. The molecule has 0 bridgehead atoms. The van der Waals surface area contributed by atoms with E-state index < -0.39 is 11.7 Å². The van der Waals surface area contributed by atoms with Crippen LogP contribution in [0.5, 0.6) is 0 Å². The zero-order chi connectivity index (χ0) is 13.2. The highest BCUT2D eigenvalue weighted by molar-refractivity contribution is 7.80. The van der Waals surface area contributed by atoms with E-state index in [1.165, 1.54) is 6.07 Å². The van der Waals surface area contributed by atoms with E-state index in [0.717, 1.165) is 12.1 Å². The molecule has 17 heavy (non-hydrogen) atoms. The van der Waals surface area contributed by atoms with Crippen molar-refractivity contribution in [1.29, 1.82) is 0 Å². The number of nitrogens with two attached hydrogens (primary N) is 1. The maximum absolute atomic E-state index is 12.5. The van der Waals surface area contributed by atoms with Crippen LogP contribution in [0.25, 0.3) is 0 Å². The molecule has 0 unspecified atom stereocenters. The van der Waals surface area contributed by atoms with Crippen molar-refractivity contribution in [2.24, 2.45) is 5.73 Å². The summed E-state index contributed by atoms with van der Waals surface area (Å²) in [6, 6.07) is 3.36. The lowest BCUT2D eigenvalue weighted by Gasteiger charge is -2.19. The number of nitrogens with zero attached hydrogens (tertiary/aromatic N) is 1. The van der Waals surface area contributed by atoms with E-state index in [4.69, 9.17) is 5.73 Å². The summed E-state index contributed by atoms with van der Waals surface area (Å²) in [5.74, 6) is 0. The molecule has 0 heterocycles. The third-order valence-electron chi connectivity index (χ3n) is 2.06. The molecule has 3 nitrogen and oxygen atoms in total. The second kappa shape index (κ2) is 4.79. The molecule has 0 saturated heterocycles. The van der Waals surface area contributed by atoms with Crippen molar-refractivity contribution in [3.05, 3.63) is 23.8 Å². The molecule has 7 heteroatoms. The summed E-state index contributed by atoms with van der Waals surface area (Å²) < 4.78 is 37.6. The van der Waals surface area contributed by atoms with Crippen molar-refractivity contribution in [3.8, 4) is 0 Å². The van der Waals surface area contributed by atoms with E-state index in [9.17, 15) is 13.2 Å². The minimum absolute atomic E-state index is 0.0765. The minimum Gasteiger partial charge on any atom is -0.376 e. The van der Waals surface area contributed by atoms with E-state index in [1.54, 1.807) is 19.0 Å². The minimum atomic E-state index is -4.39. The average molecular weight is 263 g/mol. The van der Waals surface area contributed by atoms with Gasteiger partial charge in [-0.2, -0.15) is 13.2 Å². The molecule has 0 aliphatic carbocycles. The first-order valence-electron chi connectivity index (χ1n) is 4.67. The molecule has 0 fully saturated rings. The first kappa shape index (κ1) is 13.6. The topological polar surface area (TPSA) is 41.3 Å². The number of hydrogen-bond donors (Lipinski definition) is 2. The quantitative estimate of drug-likeness (QED) is 0.804. The van der Waals surface area contributed by atoms with Gasteiger partial charge in [-0.15, -0.1) is 0 Å². The van der Waals surface area contributed by atoms with Crippen LogP contribution in [0, 0.1) is 0 Å². The van der Waals surface area contributed by atoms with Crippen LogP contribution in [0.2, 0.25) is 0 Å². The van der Waals surface area contributed by atoms with Crippen LogP contribution >= 0.6 is 12.2 Å². The predicted molar refractivity (Wildman–Crippen MR) is 66.2 cm³/mol. The Hall–Kier alpha value is -1.50. The molecule has 0 saturated carbocycles. The van der Waals surface area contributed by atoms with Crippen LogP contribution in [0.15, 0.2) is 18.2 Å². The van der Waals surface area contributed by atoms with Gasteiger partial charge in [0.25, 0.3) is 0 Å². The zero-order valence-corrected chi connectivity index (χ0v) is 10.1. The number of benzene rings is 1. The molecular weight excluding hydrogens is 251 g/mol. The van der Waals surface area contributed by atoms with Gasteiger partial charge < -0.3 is 16.0 Å². The smallest absolute Gasteiger partial charge is 0.376 e. The lowest BCUT2D eigenvalue weighted by molar-refractivity contribution is -0.137. The zero-order valence-electron chi connectivity index (χ0n) is 9.30. The van der Waals surface area contributed by atoms with Crippen LogP contribution in [0.4, 0.5) is 24.5 Å². The Morgan fingerprint density at radius 3 is 2.35 bits per heavy atom. The van der Waals surface area contributed by atoms with Gasteiger partial charge in [-0.05, 0) is 30.4 Å². The van der Waals surface area contributed by atoms with E-state index in [2.05, 4.69) is 17.5 Å². The summed E-state index contributed by atoms with van der Waals surface area (Å²) in [6.45, 7) is 0. The average Bonchev–Trinajstić information content (AvgIpc) is 2.14. The number of rotatable bonds is 2. The number of anilines is 2. The van der Waals surface area contributed by atoms with Gasteiger partial charge in [0.2, 0.25) is 0 Å². The second-order valence-corrected chi connectivity index (χ2v) is 4.05. The SMILES string of the molecule is CN(C)c1ccc(C(F)(F)F)cc1NC(N)=S. The maximum atomic E-state index is 12.5. The van der Waals surface area contributed by atoms with E-state index in [0.29, 0.717) is 5.69 Å². The molecular formula is C10H12F3N3S. The van der Waals surface area contributed by atoms with Crippen LogP contribution in [-0.2, 0) is 6.18 Å². The Bertz CT molecular complexity index is 429. The van der Waals surface area contributed by atoms with Crippen LogP contribution in [0.3, 0.4) is 0 Å². The second-order valence-electron chi connectivity index (χ2n) is 3.61. The molecule has 0 aliphatic heterocycles. The molecule has 1 aromatic carbocycles. The molecule has 1 aromatic rings. The van der Waals surface area contributed by atoms with Gasteiger partial charge in [0.1, 0.15) is 0 Å². The fourth-order valence-corrected chi connectivity index (χ4v) is 1.45. The molecule has 1 rings (SSSR count). The third-order valence-corrected chi connectivity index (χ3v) is 2.17. The van der Waals surface area contributed by atoms with Gasteiger partial charge in [-0.3, -0.25) is 0 Å². The number of halogens is 3. The standard InChI is InChI=1S/C10H12F3N3S/c1-16(2)8-4-3-6(10(11,12)13)5-7(8)15-9(14)17/h3-5H,1-2H3,(H3,14,15,17). The molecule has 3 N–H and O–H groups in total. The first-order chi connectivity index (χ1) is 7.71. The maximum Gasteiger partial charge on any atom is 0.416 e. The van der Waals surface area contributed by atoms with Crippen molar-refractivity contribution >= 4 is 28.7 Å². The highest BCUT2D eigenvalue weighted by Gasteiger charge is 2.31. The van der Waals surface area contributed by atoms with Crippen molar-refractivity contribution in [3.63, 3.8) is 0 Å². The van der Waals surface area contributed by atoms with Gasteiger partial charge in [0.05, 0.1) is 16.9 Å². The molecule has 94 valence electrons. The van der Waals surface area contributed by atoms with Gasteiger partial charge >= 0.3 is 6.18 Å².